The van der Waals surface area contributed by atoms with Crippen LogP contribution in [-0.4, -0.2) is 5.17 Å². The quantitative estimate of drug-likeness (QED) is 0.775. The minimum absolute atomic E-state index is 0.259. The Morgan fingerprint density at radius 3 is 2.95 bits per heavy atom. The van der Waals surface area contributed by atoms with Crippen molar-refractivity contribution in [3.05, 3.63) is 40.6 Å². The predicted molar refractivity (Wildman–Crippen MR) is 78.3 cm³/mol. The van der Waals surface area contributed by atoms with Crippen molar-refractivity contribution in [1.82, 2.24) is 0 Å². The van der Waals surface area contributed by atoms with E-state index in [2.05, 4.69) is 4.99 Å². The molecule has 19 heavy (non-hydrogen) atoms. The fraction of sp³-hybridized carbons (Fsp3) is 0.357. The lowest BCUT2D eigenvalue weighted by Crippen LogP contribution is -2.35. The summed E-state index contributed by atoms with van der Waals surface area (Å²) in [5.74, 6) is -0.259. The molecule has 1 heterocycles. The molecule has 1 aromatic carbocycles. The van der Waals surface area contributed by atoms with Gasteiger partial charge in [0.25, 0.3) is 0 Å². The van der Waals surface area contributed by atoms with Gasteiger partial charge in [-0.25, -0.2) is 9.38 Å². The van der Waals surface area contributed by atoms with Crippen molar-refractivity contribution in [3.8, 4) is 0 Å². The molecule has 1 aliphatic carbocycles. The monoisotopic (exact) mass is 277 g/mol. The number of aliphatic imine (C=N–C) groups is 1. The molecule has 0 amide bonds. The van der Waals surface area contributed by atoms with Crippen LogP contribution in [0.2, 0.25) is 0 Å². The number of hydrogen-bond acceptors (Lipinski definition) is 4. The Labute approximate surface area is 116 Å². The number of thioether (sulfide) groups is 1. The Kier molecular flexibility index (Phi) is 3.01. The third-order valence-electron chi connectivity index (χ3n) is 3.82. The lowest BCUT2D eigenvalue weighted by molar-refractivity contribution is 0.383. The molecule has 0 aromatic heterocycles. The van der Waals surface area contributed by atoms with Gasteiger partial charge in [-0.2, -0.15) is 0 Å². The molecular weight excluding hydrogens is 261 g/mol. The lowest BCUT2D eigenvalue weighted by Gasteiger charge is -2.39. The molecule has 1 fully saturated rings. The number of anilines is 1. The van der Waals surface area contributed by atoms with E-state index in [1.54, 1.807) is 12.1 Å². The molecule has 0 saturated heterocycles. The number of amidine groups is 1. The summed E-state index contributed by atoms with van der Waals surface area (Å²) in [4.78, 5) is 4.60. The summed E-state index contributed by atoms with van der Waals surface area (Å²) in [5, 5.41) is 2.52. The fourth-order valence-corrected chi connectivity index (χ4v) is 3.71. The van der Waals surface area contributed by atoms with Crippen LogP contribution in [0, 0.1) is 5.82 Å². The standard InChI is InChI=1S/C14H16FN3S/c15-12-5-4-10(16)7-11(12)14-6-2-1-3-9(14)8-19-13(17)18-14/h4-5,7-8H,1-3,6,16H2,(H2,17,18). The molecule has 0 bridgehead atoms. The molecule has 1 unspecified atom stereocenters. The van der Waals surface area contributed by atoms with E-state index in [0.717, 1.165) is 31.3 Å². The van der Waals surface area contributed by atoms with E-state index in [1.807, 2.05) is 5.41 Å². The summed E-state index contributed by atoms with van der Waals surface area (Å²) in [6, 6.07) is 4.69. The number of benzene rings is 1. The van der Waals surface area contributed by atoms with Crippen LogP contribution in [0.1, 0.15) is 31.2 Å². The number of rotatable bonds is 1. The van der Waals surface area contributed by atoms with Crippen LogP contribution in [0.3, 0.4) is 0 Å². The zero-order chi connectivity index (χ0) is 13.5. The topological polar surface area (TPSA) is 64.4 Å². The molecule has 1 aromatic rings. The molecule has 1 aliphatic heterocycles. The van der Waals surface area contributed by atoms with Crippen molar-refractivity contribution in [2.75, 3.05) is 5.73 Å². The van der Waals surface area contributed by atoms with Gasteiger partial charge in [0.05, 0.1) is 0 Å². The van der Waals surface area contributed by atoms with Crippen LogP contribution < -0.4 is 11.5 Å². The first-order chi connectivity index (χ1) is 9.12. The van der Waals surface area contributed by atoms with E-state index in [1.165, 1.54) is 17.8 Å². The van der Waals surface area contributed by atoms with Crippen molar-refractivity contribution in [1.29, 1.82) is 0 Å². The van der Waals surface area contributed by atoms with Crippen molar-refractivity contribution in [3.63, 3.8) is 0 Å². The highest BCUT2D eigenvalue weighted by Gasteiger charge is 2.41. The van der Waals surface area contributed by atoms with Crippen LogP contribution in [0.4, 0.5) is 10.1 Å². The number of nitrogens with zero attached hydrogens (tertiary/aromatic N) is 1. The van der Waals surface area contributed by atoms with Gasteiger partial charge in [0.15, 0.2) is 5.17 Å². The first-order valence-electron chi connectivity index (χ1n) is 6.39. The summed E-state index contributed by atoms with van der Waals surface area (Å²) in [7, 11) is 0. The molecule has 0 radical (unpaired) electrons. The minimum atomic E-state index is -0.632. The van der Waals surface area contributed by atoms with Crippen molar-refractivity contribution < 1.29 is 4.39 Å². The maximum Gasteiger partial charge on any atom is 0.159 e. The largest absolute Gasteiger partial charge is 0.399 e. The summed E-state index contributed by atoms with van der Waals surface area (Å²) in [5.41, 5.74) is 13.3. The minimum Gasteiger partial charge on any atom is -0.399 e. The molecule has 0 spiro atoms. The first kappa shape index (κ1) is 12.5. The Balaban J connectivity index is 2.19. The van der Waals surface area contributed by atoms with E-state index in [4.69, 9.17) is 11.5 Å². The van der Waals surface area contributed by atoms with Crippen LogP contribution in [-0.2, 0) is 5.54 Å². The zero-order valence-electron chi connectivity index (χ0n) is 10.5. The van der Waals surface area contributed by atoms with Gasteiger partial charge in [0.2, 0.25) is 0 Å². The molecule has 1 saturated carbocycles. The first-order valence-corrected chi connectivity index (χ1v) is 7.27. The summed E-state index contributed by atoms with van der Waals surface area (Å²) in [6.07, 6.45) is 3.87. The van der Waals surface area contributed by atoms with Gasteiger partial charge < -0.3 is 11.5 Å². The number of fused-ring (bicyclic) bond motifs is 1. The second-order valence-corrected chi connectivity index (χ2v) is 5.91. The Morgan fingerprint density at radius 1 is 1.26 bits per heavy atom. The average molecular weight is 277 g/mol. The molecule has 3 rings (SSSR count). The number of halogens is 1. The van der Waals surface area contributed by atoms with Crippen molar-refractivity contribution in [2.24, 2.45) is 10.7 Å². The predicted octanol–water partition coefficient (Wildman–Crippen LogP) is 3.12. The SMILES string of the molecule is NC1=NC2(c3cc(N)ccc3F)CCCCC2=CS1. The third-order valence-corrected chi connectivity index (χ3v) is 4.56. The van der Waals surface area contributed by atoms with Crippen LogP contribution in [0.25, 0.3) is 0 Å². The molecule has 1 atom stereocenters. The van der Waals surface area contributed by atoms with Gasteiger partial charge in [0.1, 0.15) is 11.4 Å². The van der Waals surface area contributed by atoms with E-state index < -0.39 is 5.54 Å². The summed E-state index contributed by atoms with van der Waals surface area (Å²) >= 11 is 1.42. The van der Waals surface area contributed by atoms with E-state index >= 15 is 0 Å². The van der Waals surface area contributed by atoms with Crippen molar-refractivity contribution in [2.45, 2.75) is 31.2 Å². The Bertz CT molecular complexity index is 582. The van der Waals surface area contributed by atoms with Gasteiger partial charge in [0, 0.05) is 11.3 Å². The van der Waals surface area contributed by atoms with Gasteiger partial charge in [-0.3, -0.25) is 0 Å². The Morgan fingerprint density at radius 2 is 2.11 bits per heavy atom. The van der Waals surface area contributed by atoms with Crippen LogP contribution in [0.15, 0.2) is 34.2 Å². The summed E-state index contributed by atoms with van der Waals surface area (Å²) < 4.78 is 14.2. The fourth-order valence-electron chi connectivity index (χ4n) is 2.92. The third kappa shape index (κ3) is 2.02. The van der Waals surface area contributed by atoms with Gasteiger partial charge in [-0.05, 0) is 48.4 Å². The molecule has 3 nitrogen and oxygen atoms in total. The highest BCUT2D eigenvalue weighted by molar-refractivity contribution is 8.16. The van der Waals surface area contributed by atoms with E-state index in [-0.39, 0.29) is 5.82 Å². The van der Waals surface area contributed by atoms with Crippen LogP contribution in [0.5, 0.6) is 0 Å². The number of nitrogen functional groups attached to an aromatic ring is 1. The van der Waals surface area contributed by atoms with Gasteiger partial charge >= 0.3 is 0 Å². The number of hydrogen-bond donors (Lipinski definition) is 2. The van der Waals surface area contributed by atoms with Crippen LogP contribution >= 0.6 is 11.8 Å². The molecule has 100 valence electrons. The molecule has 2 aliphatic rings. The van der Waals surface area contributed by atoms with Gasteiger partial charge in [-0.1, -0.05) is 18.2 Å². The maximum atomic E-state index is 14.2. The van der Waals surface area contributed by atoms with Gasteiger partial charge in [-0.15, -0.1) is 0 Å². The van der Waals surface area contributed by atoms with Crippen molar-refractivity contribution >= 4 is 22.6 Å². The smallest absolute Gasteiger partial charge is 0.159 e. The highest BCUT2D eigenvalue weighted by Crippen LogP contribution is 2.48. The normalized spacial score (nSPS) is 26.4. The second-order valence-electron chi connectivity index (χ2n) is 5.02. The molecular formula is C14H16FN3S. The Hall–Kier alpha value is -1.49. The molecule has 4 N–H and O–H groups in total. The average Bonchev–Trinajstić information content (AvgIpc) is 2.41. The van der Waals surface area contributed by atoms with E-state index in [9.17, 15) is 4.39 Å². The second kappa shape index (κ2) is 4.56. The number of nitrogens with two attached hydrogens (primary N) is 2. The zero-order valence-corrected chi connectivity index (χ0v) is 11.3. The maximum absolute atomic E-state index is 14.2. The molecule has 5 heteroatoms. The highest BCUT2D eigenvalue weighted by atomic mass is 32.2. The lowest BCUT2D eigenvalue weighted by atomic mass is 9.73. The van der Waals surface area contributed by atoms with E-state index in [0.29, 0.717) is 16.4 Å². The summed E-state index contributed by atoms with van der Waals surface area (Å²) in [6.45, 7) is 0.